The second-order valence-corrected chi connectivity index (χ2v) is 5.95. The van der Waals surface area contributed by atoms with Gasteiger partial charge in [-0.2, -0.15) is 4.98 Å². The molecule has 28 heavy (non-hydrogen) atoms. The summed E-state index contributed by atoms with van der Waals surface area (Å²) in [5.41, 5.74) is 1.96. The minimum atomic E-state index is 0.495. The van der Waals surface area contributed by atoms with Crippen molar-refractivity contribution in [2.45, 2.75) is 6.42 Å². The first-order valence-electron chi connectivity index (χ1n) is 8.91. The SMILES string of the molecule is COc1ccccc1CCNc1ccnc(Nc2ccc(OC)c(OC)c2)n1. The van der Waals surface area contributed by atoms with Crippen LogP contribution in [0, 0.1) is 0 Å². The highest BCUT2D eigenvalue weighted by Gasteiger charge is 2.07. The first-order valence-corrected chi connectivity index (χ1v) is 8.91. The van der Waals surface area contributed by atoms with E-state index in [0.717, 1.165) is 35.8 Å². The van der Waals surface area contributed by atoms with Crippen molar-refractivity contribution in [3.8, 4) is 17.2 Å². The van der Waals surface area contributed by atoms with Crippen molar-refractivity contribution in [2.75, 3.05) is 38.5 Å². The van der Waals surface area contributed by atoms with Gasteiger partial charge in [0.15, 0.2) is 11.5 Å². The third kappa shape index (κ3) is 4.82. The number of rotatable bonds is 9. The van der Waals surface area contributed by atoms with Crippen LogP contribution in [-0.2, 0) is 6.42 Å². The molecule has 0 aliphatic rings. The van der Waals surface area contributed by atoms with Gasteiger partial charge in [0.05, 0.1) is 21.3 Å². The number of nitrogens with zero attached hydrogens (tertiary/aromatic N) is 2. The van der Waals surface area contributed by atoms with Crippen molar-refractivity contribution < 1.29 is 14.2 Å². The summed E-state index contributed by atoms with van der Waals surface area (Å²) in [6, 6.07) is 15.4. The van der Waals surface area contributed by atoms with E-state index >= 15 is 0 Å². The second kappa shape index (κ2) is 9.45. The maximum absolute atomic E-state index is 5.39. The largest absolute Gasteiger partial charge is 0.496 e. The number of methoxy groups -OCH3 is 3. The molecule has 1 aromatic heterocycles. The molecular formula is C21H24N4O3. The third-order valence-electron chi connectivity index (χ3n) is 4.19. The third-order valence-corrected chi connectivity index (χ3v) is 4.19. The lowest BCUT2D eigenvalue weighted by Gasteiger charge is -2.12. The standard InChI is InChI=1S/C21H24N4O3/c1-26-17-7-5-4-6-15(17)10-12-22-20-11-13-23-21(25-20)24-16-8-9-18(27-2)19(14-16)28-3/h4-9,11,13-14H,10,12H2,1-3H3,(H2,22,23,24,25). The predicted octanol–water partition coefficient (Wildman–Crippen LogP) is 3.90. The molecule has 3 rings (SSSR count). The molecule has 7 nitrogen and oxygen atoms in total. The maximum Gasteiger partial charge on any atom is 0.229 e. The van der Waals surface area contributed by atoms with Crippen LogP contribution in [0.2, 0.25) is 0 Å². The molecule has 0 atom stereocenters. The summed E-state index contributed by atoms with van der Waals surface area (Å²) in [4.78, 5) is 8.78. The van der Waals surface area contributed by atoms with Crippen LogP contribution in [-0.4, -0.2) is 37.8 Å². The van der Waals surface area contributed by atoms with Crippen LogP contribution in [0.5, 0.6) is 17.2 Å². The fraction of sp³-hybridized carbons (Fsp3) is 0.238. The maximum atomic E-state index is 5.39. The molecular weight excluding hydrogens is 356 g/mol. The number of nitrogens with one attached hydrogen (secondary N) is 2. The van der Waals surface area contributed by atoms with Gasteiger partial charge >= 0.3 is 0 Å². The van der Waals surface area contributed by atoms with Crippen LogP contribution in [0.25, 0.3) is 0 Å². The zero-order valence-electron chi connectivity index (χ0n) is 16.2. The Hall–Kier alpha value is -3.48. The van der Waals surface area contributed by atoms with Gasteiger partial charge in [0.1, 0.15) is 11.6 Å². The summed E-state index contributed by atoms with van der Waals surface area (Å²) in [7, 11) is 4.89. The Bertz CT molecular complexity index is 918. The normalized spacial score (nSPS) is 10.2. The summed E-state index contributed by atoms with van der Waals surface area (Å²) in [6.07, 6.45) is 2.54. The fourth-order valence-electron chi connectivity index (χ4n) is 2.80. The Kier molecular flexibility index (Phi) is 6.51. The predicted molar refractivity (Wildman–Crippen MR) is 110 cm³/mol. The zero-order chi connectivity index (χ0) is 19.8. The molecule has 1 heterocycles. The highest BCUT2D eigenvalue weighted by atomic mass is 16.5. The van der Waals surface area contributed by atoms with Crippen molar-refractivity contribution >= 4 is 17.5 Å². The summed E-state index contributed by atoms with van der Waals surface area (Å²) >= 11 is 0. The molecule has 146 valence electrons. The molecule has 2 aromatic carbocycles. The van der Waals surface area contributed by atoms with Gasteiger partial charge in [-0.15, -0.1) is 0 Å². The molecule has 0 amide bonds. The van der Waals surface area contributed by atoms with Gasteiger partial charge in [-0.3, -0.25) is 0 Å². The van der Waals surface area contributed by atoms with Crippen LogP contribution in [0.4, 0.5) is 17.5 Å². The topological polar surface area (TPSA) is 77.5 Å². The molecule has 0 fully saturated rings. The molecule has 3 aromatic rings. The molecule has 0 aliphatic carbocycles. The van der Waals surface area contributed by atoms with E-state index in [1.165, 1.54) is 0 Å². The first kappa shape index (κ1) is 19.3. The van der Waals surface area contributed by atoms with Crippen LogP contribution >= 0.6 is 0 Å². The monoisotopic (exact) mass is 380 g/mol. The van der Waals surface area contributed by atoms with Gasteiger partial charge in [0, 0.05) is 24.5 Å². The number of benzene rings is 2. The smallest absolute Gasteiger partial charge is 0.229 e. The Morgan fingerprint density at radius 3 is 2.43 bits per heavy atom. The summed E-state index contributed by atoms with van der Waals surface area (Å²) < 4.78 is 16.0. The van der Waals surface area contributed by atoms with Crippen molar-refractivity contribution in [2.24, 2.45) is 0 Å². The summed E-state index contributed by atoms with van der Waals surface area (Å²) in [6.45, 7) is 0.729. The van der Waals surface area contributed by atoms with Crippen LogP contribution in [0.1, 0.15) is 5.56 Å². The average molecular weight is 380 g/mol. The number of anilines is 3. The number of aromatic nitrogens is 2. The zero-order valence-corrected chi connectivity index (χ0v) is 16.2. The van der Waals surface area contributed by atoms with Crippen LogP contribution in [0.3, 0.4) is 0 Å². The molecule has 7 heteroatoms. The Morgan fingerprint density at radius 1 is 0.857 bits per heavy atom. The number of hydrogen-bond acceptors (Lipinski definition) is 7. The second-order valence-electron chi connectivity index (χ2n) is 5.95. The molecule has 0 saturated heterocycles. The highest BCUT2D eigenvalue weighted by molar-refractivity contribution is 5.60. The lowest BCUT2D eigenvalue weighted by atomic mass is 10.1. The van der Waals surface area contributed by atoms with E-state index in [2.05, 4.69) is 26.7 Å². The molecule has 0 unspecified atom stereocenters. The van der Waals surface area contributed by atoms with E-state index in [1.54, 1.807) is 27.5 Å². The summed E-state index contributed by atoms with van der Waals surface area (Å²) in [5, 5.41) is 6.50. The van der Waals surface area contributed by atoms with E-state index in [1.807, 2.05) is 42.5 Å². The minimum Gasteiger partial charge on any atom is -0.496 e. The molecule has 0 saturated carbocycles. The van der Waals surface area contributed by atoms with Crippen molar-refractivity contribution in [3.63, 3.8) is 0 Å². The van der Waals surface area contributed by atoms with E-state index < -0.39 is 0 Å². The van der Waals surface area contributed by atoms with E-state index in [4.69, 9.17) is 14.2 Å². The van der Waals surface area contributed by atoms with Gasteiger partial charge in [0.25, 0.3) is 0 Å². The Morgan fingerprint density at radius 2 is 1.64 bits per heavy atom. The minimum absolute atomic E-state index is 0.495. The van der Waals surface area contributed by atoms with Crippen molar-refractivity contribution in [1.82, 2.24) is 9.97 Å². The van der Waals surface area contributed by atoms with Gasteiger partial charge in [-0.1, -0.05) is 18.2 Å². The average Bonchev–Trinajstić information content (AvgIpc) is 2.74. The molecule has 0 aliphatic heterocycles. The van der Waals surface area contributed by atoms with E-state index in [0.29, 0.717) is 17.4 Å². The van der Waals surface area contributed by atoms with Crippen LogP contribution < -0.4 is 24.8 Å². The van der Waals surface area contributed by atoms with Gasteiger partial charge in [-0.05, 0) is 36.2 Å². The summed E-state index contributed by atoms with van der Waals surface area (Å²) in [5.74, 6) is 3.43. The lowest BCUT2D eigenvalue weighted by Crippen LogP contribution is -2.08. The number of ether oxygens (including phenoxy) is 3. The van der Waals surface area contributed by atoms with Gasteiger partial charge in [-0.25, -0.2) is 4.98 Å². The highest BCUT2D eigenvalue weighted by Crippen LogP contribution is 2.30. The van der Waals surface area contributed by atoms with Gasteiger partial charge in [0.2, 0.25) is 5.95 Å². The first-order chi connectivity index (χ1) is 13.7. The van der Waals surface area contributed by atoms with Crippen molar-refractivity contribution in [1.29, 1.82) is 0 Å². The quantitative estimate of drug-likeness (QED) is 0.583. The number of hydrogen-bond donors (Lipinski definition) is 2. The van der Waals surface area contributed by atoms with E-state index in [-0.39, 0.29) is 0 Å². The van der Waals surface area contributed by atoms with Crippen LogP contribution in [0.15, 0.2) is 54.7 Å². The lowest BCUT2D eigenvalue weighted by molar-refractivity contribution is 0.355. The fourth-order valence-corrected chi connectivity index (χ4v) is 2.80. The molecule has 0 spiro atoms. The van der Waals surface area contributed by atoms with E-state index in [9.17, 15) is 0 Å². The van der Waals surface area contributed by atoms with Crippen molar-refractivity contribution in [3.05, 3.63) is 60.3 Å². The molecule has 2 N–H and O–H groups in total. The Balaban J connectivity index is 1.62. The van der Waals surface area contributed by atoms with Gasteiger partial charge < -0.3 is 24.8 Å². The molecule has 0 radical (unpaired) electrons. The molecule has 0 bridgehead atoms. The Labute approximate surface area is 164 Å². The number of para-hydroxylation sites is 1.